The quantitative estimate of drug-likeness (QED) is 0.512. The summed E-state index contributed by atoms with van der Waals surface area (Å²) < 4.78 is 41.9. The van der Waals surface area contributed by atoms with E-state index in [0.717, 1.165) is 24.5 Å². The van der Waals surface area contributed by atoms with Gasteiger partial charge < -0.3 is 20.3 Å². The molecule has 1 heterocycles. The Balaban J connectivity index is 1.55. The van der Waals surface area contributed by atoms with Gasteiger partial charge in [0.05, 0.1) is 23.9 Å². The number of carbonyl (C=O) groups is 1. The summed E-state index contributed by atoms with van der Waals surface area (Å²) in [5.74, 6) is -1.40. The number of hydrogen-bond acceptors (Lipinski definition) is 2. The van der Waals surface area contributed by atoms with Crippen LogP contribution in [0.3, 0.4) is 0 Å². The summed E-state index contributed by atoms with van der Waals surface area (Å²) in [6, 6.07) is 7.56. The number of nitrogens with zero attached hydrogens (tertiary/aromatic N) is 1. The van der Waals surface area contributed by atoms with E-state index in [-0.39, 0.29) is 41.8 Å². The Morgan fingerprint density at radius 3 is 2.53 bits per heavy atom. The summed E-state index contributed by atoms with van der Waals surface area (Å²) >= 11 is 0. The van der Waals surface area contributed by atoms with E-state index in [9.17, 15) is 23.1 Å². The van der Waals surface area contributed by atoms with Gasteiger partial charge >= 0.3 is 6.03 Å². The molecule has 2 aromatic carbocycles. The summed E-state index contributed by atoms with van der Waals surface area (Å²) in [6.45, 7) is 2.12. The number of urea groups is 1. The predicted octanol–water partition coefficient (Wildman–Crippen LogP) is 4.77. The molecule has 5 nitrogen and oxygen atoms in total. The van der Waals surface area contributed by atoms with Crippen LogP contribution in [0, 0.1) is 23.4 Å². The van der Waals surface area contributed by atoms with Gasteiger partial charge in [0.1, 0.15) is 17.5 Å². The number of aromatic amines is 1. The Kier molecular flexibility index (Phi) is 6.15. The molecule has 0 saturated heterocycles. The van der Waals surface area contributed by atoms with Crippen LogP contribution in [0.2, 0.25) is 0 Å². The fraction of sp³-hybridized carbons (Fsp3) is 0.375. The number of halogens is 3. The molecule has 1 aromatic heterocycles. The van der Waals surface area contributed by atoms with Gasteiger partial charge in [0, 0.05) is 25.0 Å². The van der Waals surface area contributed by atoms with Crippen molar-refractivity contribution in [1.82, 2.24) is 15.2 Å². The topological polar surface area (TPSA) is 68.4 Å². The fourth-order valence-electron chi connectivity index (χ4n) is 4.33. The van der Waals surface area contributed by atoms with E-state index in [1.165, 1.54) is 23.1 Å². The van der Waals surface area contributed by atoms with Crippen LogP contribution in [0.4, 0.5) is 18.0 Å². The molecule has 3 N–H and O–H groups in total. The average molecular weight is 445 g/mol. The van der Waals surface area contributed by atoms with Gasteiger partial charge in [0.2, 0.25) is 0 Å². The van der Waals surface area contributed by atoms with Crippen molar-refractivity contribution in [3.63, 3.8) is 0 Å². The van der Waals surface area contributed by atoms with Gasteiger partial charge in [-0.15, -0.1) is 0 Å². The molecule has 3 aromatic rings. The minimum atomic E-state index is -0.668. The van der Waals surface area contributed by atoms with Crippen LogP contribution < -0.4 is 5.32 Å². The molecule has 4 rings (SSSR count). The number of likely N-dealkylation sites (N-methyl/N-ethyl adjacent to an activating group) is 1. The van der Waals surface area contributed by atoms with Crippen LogP contribution in [0.5, 0.6) is 0 Å². The largest absolute Gasteiger partial charge is 0.394 e. The summed E-state index contributed by atoms with van der Waals surface area (Å²) in [5, 5.41) is 12.6. The number of fused-ring (bicyclic) bond motifs is 1. The first-order valence-corrected chi connectivity index (χ1v) is 10.7. The van der Waals surface area contributed by atoms with Crippen LogP contribution in [0.1, 0.15) is 31.2 Å². The Morgan fingerprint density at radius 1 is 1.19 bits per heavy atom. The lowest BCUT2D eigenvalue weighted by atomic mass is 9.70. The molecule has 0 aliphatic heterocycles. The molecule has 32 heavy (non-hydrogen) atoms. The van der Waals surface area contributed by atoms with Crippen LogP contribution >= 0.6 is 0 Å². The van der Waals surface area contributed by atoms with Gasteiger partial charge in [0.25, 0.3) is 0 Å². The van der Waals surface area contributed by atoms with Gasteiger partial charge in [-0.3, -0.25) is 0 Å². The minimum absolute atomic E-state index is 0.0565. The molecule has 1 saturated carbocycles. The summed E-state index contributed by atoms with van der Waals surface area (Å²) in [5.41, 5.74) is 2.41. The standard InChI is InChI=1S/C24H26F3N3O2/c1-13(12-31)30(2)24(32)28-11-14-7-16(8-14)21-19-9-18(26)10-20(27)23(19)29-22(21)15-3-5-17(25)6-4-15/h3-6,9-10,13-14,16,29,31H,7-8,11-12H2,1-2H3,(H,28,32)/t13-,14?,16?/m1/s1. The van der Waals surface area contributed by atoms with Crippen molar-refractivity contribution >= 4 is 16.9 Å². The first-order valence-electron chi connectivity index (χ1n) is 10.7. The predicted molar refractivity (Wildman–Crippen MR) is 117 cm³/mol. The third kappa shape index (κ3) is 4.19. The van der Waals surface area contributed by atoms with Crippen molar-refractivity contribution in [3.8, 4) is 11.3 Å². The third-order valence-electron chi connectivity index (χ3n) is 6.43. The second kappa shape index (κ2) is 8.86. The van der Waals surface area contributed by atoms with Crippen molar-refractivity contribution in [2.24, 2.45) is 5.92 Å². The molecular formula is C24H26F3N3O2. The Morgan fingerprint density at radius 2 is 1.88 bits per heavy atom. The fourth-order valence-corrected chi connectivity index (χ4v) is 4.33. The maximum absolute atomic E-state index is 14.5. The molecule has 2 amide bonds. The van der Waals surface area contributed by atoms with Gasteiger partial charge in [-0.25, -0.2) is 18.0 Å². The van der Waals surface area contributed by atoms with Gasteiger partial charge in [-0.05, 0) is 73.1 Å². The maximum Gasteiger partial charge on any atom is 0.317 e. The number of nitrogens with one attached hydrogen (secondary N) is 2. The monoisotopic (exact) mass is 445 g/mol. The van der Waals surface area contributed by atoms with Gasteiger partial charge in [-0.2, -0.15) is 0 Å². The number of aromatic nitrogens is 1. The van der Waals surface area contributed by atoms with Crippen LogP contribution in [0.25, 0.3) is 22.2 Å². The average Bonchev–Trinajstić information content (AvgIpc) is 3.11. The van der Waals surface area contributed by atoms with Crippen molar-refractivity contribution in [1.29, 1.82) is 0 Å². The molecule has 8 heteroatoms. The molecule has 170 valence electrons. The molecule has 1 aliphatic carbocycles. The van der Waals surface area contributed by atoms with Crippen LogP contribution in [-0.4, -0.2) is 47.3 Å². The van der Waals surface area contributed by atoms with Crippen molar-refractivity contribution in [2.45, 2.75) is 31.7 Å². The zero-order valence-electron chi connectivity index (χ0n) is 18.0. The number of H-pyrrole nitrogens is 1. The van der Waals surface area contributed by atoms with Crippen LogP contribution in [0.15, 0.2) is 36.4 Å². The molecule has 0 bridgehead atoms. The number of rotatable bonds is 6. The van der Waals surface area contributed by atoms with E-state index in [1.54, 1.807) is 26.1 Å². The van der Waals surface area contributed by atoms with Crippen molar-refractivity contribution in [3.05, 3.63) is 59.4 Å². The number of benzene rings is 2. The second-order valence-corrected chi connectivity index (χ2v) is 8.59. The van der Waals surface area contributed by atoms with Crippen molar-refractivity contribution < 1.29 is 23.1 Å². The number of aliphatic hydroxyl groups excluding tert-OH is 1. The zero-order chi connectivity index (χ0) is 23.0. The van der Waals surface area contributed by atoms with E-state index < -0.39 is 11.6 Å². The highest BCUT2D eigenvalue weighted by molar-refractivity contribution is 5.92. The smallest absolute Gasteiger partial charge is 0.317 e. The highest BCUT2D eigenvalue weighted by Crippen LogP contribution is 2.48. The number of aliphatic hydroxyl groups is 1. The molecule has 0 unspecified atom stereocenters. The molecule has 1 aliphatic rings. The van der Waals surface area contributed by atoms with E-state index in [4.69, 9.17) is 0 Å². The van der Waals surface area contributed by atoms with E-state index >= 15 is 0 Å². The highest BCUT2D eigenvalue weighted by atomic mass is 19.1. The summed E-state index contributed by atoms with van der Waals surface area (Å²) in [6.07, 6.45) is 1.50. The normalized spacial score (nSPS) is 18.9. The molecule has 1 fully saturated rings. The minimum Gasteiger partial charge on any atom is -0.394 e. The Labute approximate surface area is 184 Å². The lowest BCUT2D eigenvalue weighted by Gasteiger charge is -2.37. The maximum atomic E-state index is 14.5. The lowest BCUT2D eigenvalue weighted by Crippen LogP contribution is -2.46. The molecule has 0 radical (unpaired) electrons. The molecular weight excluding hydrogens is 419 g/mol. The lowest BCUT2D eigenvalue weighted by molar-refractivity contribution is 0.153. The number of amides is 2. The molecule has 0 spiro atoms. The van der Waals surface area contributed by atoms with Gasteiger partial charge in [0.15, 0.2) is 0 Å². The second-order valence-electron chi connectivity index (χ2n) is 8.59. The molecule has 1 atom stereocenters. The van der Waals surface area contributed by atoms with E-state index in [2.05, 4.69) is 10.3 Å². The SMILES string of the molecule is C[C@H](CO)N(C)C(=O)NCC1CC(c2c(-c3ccc(F)cc3)[nH]c3c(F)cc(F)cc23)C1. The first kappa shape index (κ1) is 22.2. The van der Waals surface area contributed by atoms with Gasteiger partial charge in [-0.1, -0.05) is 0 Å². The van der Waals surface area contributed by atoms with Crippen molar-refractivity contribution in [2.75, 3.05) is 20.2 Å². The third-order valence-corrected chi connectivity index (χ3v) is 6.43. The summed E-state index contributed by atoms with van der Waals surface area (Å²) in [7, 11) is 1.63. The highest BCUT2D eigenvalue weighted by Gasteiger charge is 2.35. The first-order chi connectivity index (χ1) is 15.3. The number of carbonyl (C=O) groups excluding carboxylic acids is 1. The number of hydrogen-bond donors (Lipinski definition) is 3. The summed E-state index contributed by atoms with van der Waals surface area (Å²) in [4.78, 5) is 16.7. The van der Waals surface area contributed by atoms with Crippen LogP contribution in [-0.2, 0) is 0 Å². The Hall–Kier alpha value is -3.00. The van der Waals surface area contributed by atoms with E-state index in [0.29, 0.717) is 23.2 Å². The zero-order valence-corrected chi connectivity index (χ0v) is 18.0. The Bertz CT molecular complexity index is 1120. The van der Waals surface area contributed by atoms with E-state index in [1.807, 2.05) is 0 Å².